The lowest BCUT2D eigenvalue weighted by Gasteiger charge is -2.21. The highest BCUT2D eigenvalue weighted by atomic mass is 32.2. The highest BCUT2D eigenvalue weighted by Crippen LogP contribution is 2.22. The number of anilines is 1. The molecule has 0 radical (unpaired) electrons. The summed E-state index contributed by atoms with van der Waals surface area (Å²) in [6.07, 6.45) is 5.85. The van der Waals surface area contributed by atoms with E-state index in [9.17, 15) is 13.2 Å². The van der Waals surface area contributed by atoms with Crippen molar-refractivity contribution in [2.75, 3.05) is 18.1 Å². The van der Waals surface area contributed by atoms with Crippen LogP contribution in [0.25, 0.3) is 5.69 Å². The number of benzene rings is 1. The Morgan fingerprint density at radius 3 is 2.87 bits per heavy atom. The topological polar surface area (TPSA) is 84.3 Å². The Kier molecular flexibility index (Phi) is 4.18. The first-order valence-corrected chi connectivity index (χ1v) is 9.18. The monoisotopic (exact) mass is 334 g/mol. The molecule has 1 saturated heterocycles. The van der Waals surface area contributed by atoms with Gasteiger partial charge in [-0.1, -0.05) is 6.07 Å². The summed E-state index contributed by atoms with van der Waals surface area (Å²) in [5.41, 5.74) is 1.43. The van der Waals surface area contributed by atoms with Crippen LogP contribution < -0.4 is 5.32 Å². The highest BCUT2D eigenvalue weighted by Gasteiger charge is 2.36. The molecule has 0 bridgehead atoms. The van der Waals surface area contributed by atoms with Gasteiger partial charge in [-0.15, -0.1) is 0 Å². The zero-order valence-corrected chi connectivity index (χ0v) is 13.5. The SMILES string of the molecule is CS(=O)(=O)N1CCC[C@H]1C(=O)Nc1cccc(-n2cccn2)c1. The molecule has 3 rings (SSSR count). The molecule has 0 saturated carbocycles. The van der Waals surface area contributed by atoms with Crippen molar-refractivity contribution in [1.82, 2.24) is 14.1 Å². The molecule has 1 aromatic heterocycles. The number of carbonyl (C=O) groups excluding carboxylic acids is 1. The Balaban J connectivity index is 1.77. The summed E-state index contributed by atoms with van der Waals surface area (Å²) in [6.45, 7) is 0.393. The van der Waals surface area contributed by atoms with E-state index in [2.05, 4.69) is 10.4 Å². The molecule has 0 unspecified atom stereocenters. The third kappa shape index (κ3) is 3.43. The molecule has 23 heavy (non-hydrogen) atoms. The van der Waals surface area contributed by atoms with Crippen LogP contribution in [0.3, 0.4) is 0 Å². The van der Waals surface area contributed by atoms with Gasteiger partial charge in [0.25, 0.3) is 0 Å². The van der Waals surface area contributed by atoms with Crippen LogP contribution in [0.15, 0.2) is 42.7 Å². The van der Waals surface area contributed by atoms with E-state index in [4.69, 9.17) is 0 Å². The maximum atomic E-state index is 12.4. The molecule has 1 aliphatic rings. The number of amides is 1. The smallest absolute Gasteiger partial charge is 0.242 e. The number of carbonyl (C=O) groups is 1. The van der Waals surface area contributed by atoms with E-state index in [0.717, 1.165) is 11.9 Å². The Labute approximate surface area is 135 Å². The van der Waals surface area contributed by atoms with E-state index in [1.165, 1.54) is 4.31 Å². The summed E-state index contributed by atoms with van der Waals surface area (Å²) in [5.74, 6) is -0.300. The molecule has 1 amide bonds. The average Bonchev–Trinajstić information content (AvgIpc) is 3.18. The molecular formula is C15H18N4O3S. The van der Waals surface area contributed by atoms with Gasteiger partial charge in [-0.2, -0.15) is 9.40 Å². The van der Waals surface area contributed by atoms with Crippen LogP contribution in [0.5, 0.6) is 0 Å². The van der Waals surface area contributed by atoms with Gasteiger partial charge in [0.05, 0.1) is 11.9 Å². The molecule has 1 fully saturated rings. The van der Waals surface area contributed by atoms with Crippen molar-refractivity contribution < 1.29 is 13.2 Å². The van der Waals surface area contributed by atoms with Gasteiger partial charge in [-0.05, 0) is 37.1 Å². The van der Waals surface area contributed by atoms with Gasteiger partial charge < -0.3 is 5.32 Å². The number of sulfonamides is 1. The predicted molar refractivity (Wildman–Crippen MR) is 86.8 cm³/mol. The Hall–Kier alpha value is -2.19. The lowest BCUT2D eigenvalue weighted by atomic mass is 10.2. The average molecular weight is 334 g/mol. The molecule has 0 spiro atoms. The van der Waals surface area contributed by atoms with Crippen LogP contribution in [-0.4, -0.2) is 47.3 Å². The van der Waals surface area contributed by atoms with Crippen molar-refractivity contribution >= 4 is 21.6 Å². The van der Waals surface area contributed by atoms with Gasteiger partial charge in [0.2, 0.25) is 15.9 Å². The largest absolute Gasteiger partial charge is 0.325 e. The normalized spacial score (nSPS) is 18.9. The van der Waals surface area contributed by atoms with Crippen LogP contribution in [0.4, 0.5) is 5.69 Å². The third-order valence-corrected chi connectivity index (χ3v) is 5.10. The van der Waals surface area contributed by atoms with Crippen molar-refractivity contribution in [1.29, 1.82) is 0 Å². The molecule has 1 atom stereocenters. The molecule has 2 heterocycles. The fraction of sp³-hybridized carbons (Fsp3) is 0.333. The molecule has 122 valence electrons. The number of nitrogens with zero attached hydrogens (tertiary/aromatic N) is 3. The van der Waals surface area contributed by atoms with E-state index in [0.29, 0.717) is 25.1 Å². The molecule has 1 N–H and O–H groups in total. The van der Waals surface area contributed by atoms with Gasteiger partial charge in [-0.3, -0.25) is 4.79 Å². The van der Waals surface area contributed by atoms with E-state index in [1.54, 1.807) is 23.0 Å². The van der Waals surface area contributed by atoms with E-state index >= 15 is 0 Å². The second kappa shape index (κ2) is 6.13. The van der Waals surface area contributed by atoms with Crippen LogP contribution >= 0.6 is 0 Å². The van der Waals surface area contributed by atoms with E-state index in [1.807, 2.05) is 24.4 Å². The fourth-order valence-electron chi connectivity index (χ4n) is 2.77. The third-order valence-electron chi connectivity index (χ3n) is 3.81. The maximum Gasteiger partial charge on any atom is 0.242 e. The predicted octanol–water partition coefficient (Wildman–Crippen LogP) is 1.23. The summed E-state index contributed by atoms with van der Waals surface area (Å²) in [7, 11) is -3.37. The van der Waals surface area contributed by atoms with Gasteiger partial charge in [0.1, 0.15) is 6.04 Å². The summed E-state index contributed by atoms with van der Waals surface area (Å²) >= 11 is 0. The molecular weight excluding hydrogens is 316 g/mol. The zero-order valence-electron chi connectivity index (χ0n) is 12.7. The lowest BCUT2D eigenvalue weighted by molar-refractivity contribution is -0.119. The molecule has 0 aliphatic carbocycles. The highest BCUT2D eigenvalue weighted by molar-refractivity contribution is 7.88. The Bertz CT molecular complexity index is 802. The summed E-state index contributed by atoms with van der Waals surface area (Å²) < 4.78 is 26.4. The number of rotatable bonds is 4. The maximum absolute atomic E-state index is 12.4. The molecule has 1 aromatic carbocycles. The van der Waals surface area contributed by atoms with Crippen molar-refractivity contribution in [2.24, 2.45) is 0 Å². The van der Waals surface area contributed by atoms with Crippen molar-refractivity contribution in [3.63, 3.8) is 0 Å². The minimum Gasteiger partial charge on any atom is -0.325 e. The standard InChI is InChI=1S/C15H18N4O3S/c1-23(21,22)19-10-3-7-14(19)15(20)17-12-5-2-6-13(11-12)18-9-4-8-16-18/h2,4-6,8-9,11,14H,3,7,10H2,1H3,(H,17,20)/t14-/m0/s1. The first-order valence-electron chi connectivity index (χ1n) is 7.33. The first-order chi connectivity index (χ1) is 10.9. The molecule has 7 nitrogen and oxygen atoms in total. The Morgan fingerprint density at radius 1 is 1.35 bits per heavy atom. The summed E-state index contributed by atoms with van der Waals surface area (Å²) in [6, 6.07) is 8.43. The fourth-order valence-corrected chi connectivity index (χ4v) is 3.90. The van der Waals surface area contributed by atoms with Gasteiger partial charge in [0, 0.05) is 24.6 Å². The van der Waals surface area contributed by atoms with Crippen LogP contribution in [0.2, 0.25) is 0 Å². The molecule has 1 aliphatic heterocycles. The first kappa shape index (κ1) is 15.7. The second-order valence-corrected chi connectivity index (χ2v) is 7.46. The van der Waals surface area contributed by atoms with Crippen LogP contribution in [0, 0.1) is 0 Å². The second-order valence-electron chi connectivity index (χ2n) is 5.52. The number of nitrogens with one attached hydrogen (secondary N) is 1. The minimum atomic E-state index is -3.37. The van der Waals surface area contributed by atoms with Gasteiger partial charge >= 0.3 is 0 Å². The summed E-state index contributed by atoms with van der Waals surface area (Å²) in [4.78, 5) is 12.4. The minimum absolute atomic E-state index is 0.300. The number of hydrogen-bond acceptors (Lipinski definition) is 4. The van der Waals surface area contributed by atoms with Crippen LogP contribution in [0.1, 0.15) is 12.8 Å². The van der Waals surface area contributed by atoms with Crippen molar-refractivity contribution in [3.8, 4) is 5.69 Å². The number of aromatic nitrogens is 2. The van der Waals surface area contributed by atoms with Gasteiger partial charge in [-0.25, -0.2) is 13.1 Å². The zero-order chi connectivity index (χ0) is 16.4. The van der Waals surface area contributed by atoms with E-state index in [-0.39, 0.29) is 5.91 Å². The van der Waals surface area contributed by atoms with Crippen molar-refractivity contribution in [3.05, 3.63) is 42.7 Å². The van der Waals surface area contributed by atoms with Crippen LogP contribution in [-0.2, 0) is 14.8 Å². The van der Waals surface area contributed by atoms with Gasteiger partial charge in [0.15, 0.2) is 0 Å². The molecule has 2 aromatic rings. The molecule has 8 heteroatoms. The van der Waals surface area contributed by atoms with Crippen molar-refractivity contribution in [2.45, 2.75) is 18.9 Å². The van der Waals surface area contributed by atoms with E-state index < -0.39 is 16.1 Å². The number of hydrogen-bond donors (Lipinski definition) is 1. The quantitative estimate of drug-likeness (QED) is 0.911. The summed E-state index contributed by atoms with van der Waals surface area (Å²) in [5, 5.41) is 6.95. The lowest BCUT2D eigenvalue weighted by Crippen LogP contribution is -2.42. The Morgan fingerprint density at radius 2 is 2.17 bits per heavy atom.